The molecule has 0 radical (unpaired) electrons. The second-order valence-corrected chi connectivity index (χ2v) is 6.36. The van der Waals surface area contributed by atoms with Crippen molar-refractivity contribution in [1.29, 1.82) is 0 Å². The van der Waals surface area contributed by atoms with Crippen molar-refractivity contribution in [2.75, 3.05) is 10.6 Å². The van der Waals surface area contributed by atoms with E-state index in [1.54, 1.807) is 6.92 Å². The van der Waals surface area contributed by atoms with Gasteiger partial charge in [0.2, 0.25) is 5.91 Å². The molecule has 0 spiro atoms. The Bertz CT molecular complexity index is 476. The van der Waals surface area contributed by atoms with Crippen LogP contribution in [0.3, 0.4) is 0 Å². The van der Waals surface area contributed by atoms with Crippen LogP contribution in [0.1, 0.15) is 57.9 Å². The zero-order chi connectivity index (χ0) is 15.2. The third kappa shape index (κ3) is 4.76. The fourth-order valence-corrected chi connectivity index (χ4v) is 3.28. The molecule has 2 rings (SSSR count). The van der Waals surface area contributed by atoms with Crippen LogP contribution in [-0.4, -0.2) is 11.9 Å². The number of hydrogen-bond donors (Lipinski definition) is 2. The van der Waals surface area contributed by atoms with Crippen LogP contribution >= 0.6 is 0 Å². The molecule has 2 N–H and O–H groups in total. The van der Waals surface area contributed by atoms with E-state index in [0.29, 0.717) is 6.04 Å². The topological polar surface area (TPSA) is 41.1 Å². The first kappa shape index (κ1) is 15.9. The standard InChI is InChI=1S/C18H28N2O/c1-4-5-15-7-10-16(11-8-15)20-17-9-6-13(2)18(12-17)19-14(3)21/h6,9,12,15-16,20H,4-5,7-8,10-11H2,1-3H3,(H,19,21). The number of benzene rings is 1. The average molecular weight is 288 g/mol. The van der Waals surface area contributed by atoms with Crippen molar-refractivity contribution in [3.63, 3.8) is 0 Å². The zero-order valence-electron chi connectivity index (χ0n) is 13.5. The number of rotatable bonds is 5. The number of carbonyl (C=O) groups is 1. The molecule has 116 valence electrons. The minimum atomic E-state index is -0.0182. The Balaban J connectivity index is 1.93. The molecule has 0 atom stereocenters. The molecule has 21 heavy (non-hydrogen) atoms. The molecule has 1 aromatic rings. The predicted molar refractivity (Wildman–Crippen MR) is 89.8 cm³/mol. The van der Waals surface area contributed by atoms with Gasteiger partial charge in [0, 0.05) is 24.3 Å². The van der Waals surface area contributed by atoms with Crippen LogP contribution in [0, 0.1) is 12.8 Å². The van der Waals surface area contributed by atoms with E-state index < -0.39 is 0 Å². The summed E-state index contributed by atoms with van der Waals surface area (Å²) in [7, 11) is 0. The quantitative estimate of drug-likeness (QED) is 0.822. The maximum atomic E-state index is 11.2. The Labute approximate surface area is 128 Å². The number of carbonyl (C=O) groups excluding carboxylic acids is 1. The second-order valence-electron chi connectivity index (χ2n) is 6.36. The summed E-state index contributed by atoms with van der Waals surface area (Å²) in [4.78, 5) is 11.2. The lowest BCUT2D eigenvalue weighted by atomic mass is 9.83. The summed E-state index contributed by atoms with van der Waals surface area (Å²) in [5.41, 5.74) is 3.12. The van der Waals surface area contributed by atoms with Gasteiger partial charge in [-0.15, -0.1) is 0 Å². The van der Waals surface area contributed by atoms with Gasteiger partial charge in [0.05, 0.1) is 0 Å². The normalized spacial score (nSPS) is 21.9. The third-order valence-electron chi connectivity index (χ3n) is 4.46. The molecule has 1 aromatic carbocycles. The summed E-state index contributed by atoms with van der Waals surface area (Å²) in [5.74, 6) is 0.913. The SMILES string of the molecule is CCCC1CCC(Nc2ccc(C)c(NC(C)=O)c2)CC1. The van der Waals surface area contributed by atoms with Gasteiger partial charge >= 0.3 is 0 Å². The molecule has 0 heterocycles. The smallest absolute Gasteiger partial charge is 0.221 e. The van der Waals surface area contributed by atoms with E-state index in [1.807, 2.05) is 6.92 Å². The highest BCUT2D eigenvalue weighted by atomic mass is 16.1. The van der Waals surface area contributed by atoms with Gasteiger partial charge in [0.25, 0.3) is 0 Å². The van der Waals surface area contributed by atoms with Crippen LogP contribution in [-0.2, 0) is 4.79 Å². The highest BCUT2D eigenvalue weighted by Crippen LogP contribution is 2.30. The van der Waals surface area contributed by atoms with Crippen molar-refractivity contribution >= 4 is 17.3 Å². The Kier molecular flexibility index (Phi) is 5.66. The molecule has 1 amide bonds. The molecular weight excluding hydrogens is 260 g/mol. The summed E-state index contributed by atoms with van der Waals surface area (Å²) in [6.07, 6.45) is 7.89. The highest BCUT2D eigenvalue weighted by molar-refractivity contribution is 5.90. The fraction of sp³-hybridized carbons (Fsp3) is 0.611. The van der Waals surface area contributed by atoms with Crippen molar-refractivity contribution in [1.82, 2.24) is 0 Å². The molecular formula is C18H28N2O. The zero-order valence-corrected chi connectivity index (χ0v) is 13.5. The molecule has 1 fully saturated rings. The maximum absolute atomic E-state index is 11.2. The molecule has 3 heteroatoms. The van der Waals surface area contributed by atoms with Crippen molar-refractivity contribution < 1.29 is 4.79 Å². The van der Waals surface area contributed by atoms with Gasteiger partial charge in [-0.05, 0) is 56.2 Å². The number of hydrogen-bond acceptors (Lipinski definition) is 2. The van der Waals surface area contributed by atoms with Crippen molar-refractivity contribution in [3.8, 4) is 0 Å². The fourth-order valence-electron chi connectivity index (χ4n) is 3.28. The minimum absolute atomic E-state index is 0.0182. The van der Waals surface area contributed by atoms with E-state index in [2.05, 4.69) is 35.8 Å². The van der Waals surface area contributed by atoms with Gasteiger partial charge < -0.3 is 10.6 Å². The van der Waals surface area contributed by atoms with Crippen molar-refractivity contribution in [2.24, 2.45) is 5.92 Å². The van der Waals surface area contributed by atoms with Gasteiger partial charge in [-0.2, -0.15) is 0 Å². The first-order valence-electron chi connectivity index (χ1n) is 8.23. The molecule has 3 nitrogen and oxygen atoms in total. The van der Waals surface area contributed by atoms with Crippen LogP contribution in [0.4, 0.5) is 11.4 Å². The summed E-state index contributed by atoms with van der Waals surface area (Å²) < 4.78 is 0. The van der Waals surface area contributed by atoms with Crippen molar-refractivity contribution in [3.05, 3.63) is 23.8 Å². The first-order valence-corrected chi connectivity index (χ1v) is 8.23. The lowest BCUT2D eigenvalue weighted by Crippen LogP contribution is -2.26. The van der Waals surface area contributed by atoms with Crippen LogP contribution in [0.15, 0.2) is 18.2 Å². The lowest BCUT2D eigenvalue weighted by Gasteiger charge is -2.29. The Hall–Kier alpha value is -1.51. The van der Waals surface area contributed by atoms with E-state index in [0.717, 1.165) is 22.9 Å². The number of amides is 1. The second kappa shape index (κ2) is 7.48. The molecule has 1 aliphatic carbocycles. The van der Waals surface area contributed by atoms with Crippen LogP contribution < -0.4 is 10.6 Å². The summed E-state index contributed by atoms with van der Waals surface area (Å²) in [6, 6.07) is 6.80. The van der Waals surface area contributed by atoms with Gasteiger partial charge in [0.1, 0.15) is 0 Å². The molecule has 0 bridgehead atoms. The van der Waals surface area contributed by atoms with E-state index in [4.69, 9.17) is 0 Å². The van der Waals surface area contributed by atoms with Gasteiger partial charge in [-0.1, -0.05) is 25.8 Å². The Morgan fingerprint density at radius 3 is 2.57 bits per heavy atom. The van der Waals surface area contributed by atoms with Crippen molar-refractivity contribution in [2.45, 2.75) is 65.3 Å². The molecule has 0 unspecified atom stereocenters. The van der Waals surface area contributed by atoms with Crippen LogP contribution in [0.25, 0.3) is 0 Å². The van der Waals surface area contributed by atoms with E-state index in [-0.39, 0.29) is 5.91 Å². The number of aryl methyl sites for hydroxylation is 1. The maximum Gasteiger partial charge on any atom is 0.221 e. The van der Waals surface area contributed by atoms with Crippen LogP contribution in [0.2, 0.25) is 0 Å². The van der Waals surface area contributed by atoms with E-state index >= 15 is 0 Å². The summed E-state index contributed by atoms with van der Waals surface area (Å²) >= 11 is 0. The van der Waals surface area contributed by atoms with E-state index in [9.17, 15) is 4.79 Å². The van der Waals surface area contributed by atoms with E-state index in [1.165, 1.54) is 38.5 Å². The molecule has 1 saturated carbocycles. The molecule has 1 aliphatic rings. The average Bonchev–Trinajstić information content (AvgIpc) is 2.44. The molecule has 0 aliphatic heterocycles. The first-order chi connectivity index (χ1) is 10.1. The van der Waals surface area contributed by atoms with Crippen LogP contribution in [0.5, 0.6) is 0 Å². The summed E-state index contributed by atoms with van der Waals surface area (Å²) in [5, 5.41) is 6.53. The number of anilines is 2. The Morgan fingerprint density at radius 2 is 1.95 bits per heavy atom. The minimum Gasteiger partial charge on any atom is -0.382 e. The van der Waals surface area contributed by atoms with Gasteiger partial charge in [-0.25, -0.2) is 0 Å². The Morgan fingerprint density at radius 1 is 1.24 bits per heavy atom. The lowest BCUT2D eigenvalue weighted by molar-refractivity contribution is -0.114. The third-order valence-corrected chi connectivity index (χ3v) is 4.46. The predicted octanol–water partition coefficient (Wildman–Crippen LogP) is 4.72. The monoisotopic (exact) mass is 288 g/mol. The van der Waals surface area contributed by atoms with Gasteiger partial charge in [0.15, 0.2) is 0 Å². The van der Waals surface area contributed by atoms with Gasteiger partial charge in [-0.3, -0.25) is 4.79 Å². The molecule has 0 saturated heterocycles. The largest absolute Gasteiger partial charge is 0.382 e. The number of nitrogens with one attached hydrogen (secondary N) is 2. The molecule has 0 aromatic heterocycles. The summed E-state index contributed by atoms with van der Waals surface area (Å²) in [6.45, 7) is 5.85. The highest BCUT2D eigenvalue weighted by Gasteiger charge is 2.20.